The maximum atomic E-state index is 12.1. The first-order chi connectivity index (χ1) is 9.56. The van der Waals surface area contributed by atoms with Crippen molar-refractivity contribution in [3.05, 3.63) is 35.9 Å². The molecule has 1 rings (SSSR count). The fourth-order valence-electron chi connectivity index (χ4n) is 2.49. The zero-order valence-corrected chi connectivity index (χ0v) is 14.2. The highest BCUT2D eigenvalue weighted by Crippen LogP contribution is 2.29. The van der Waals surface area contributed by atoms with Gasteiger partial charge in [0.2, 0.25) is 5.91 Å². The average molecular weight is 313 g/mol. The van der Waals surface area contributed by atoms with E-state index < -0.39 is 6.04 Å². The molecule has 0 saturated heterocycles. The number of hydrogen-bond acceptors (Lipinski definition) is 2. The van der Waals surface area contributed by atoms with Gasteiger partial charge in [-0.15, -0.1) is 12.4 Å². The van der Waals surface area contributed by atoms with Crippen LogP contribution in [0.3, 0.4) is 0 Å². The van der Waals surface area contributed by atoms with Crippen molar-refractivity contribution in [2.45, 2.75) is 52.5 Å². The average Bonchev–Trinajstić information content (AvgIpc) is 2.50. The Morgan fingerprint density at radius 3 is 2.14 bits per heavy atom. The molecular formula is C17H29ClN2O. The lowest BCUT2D eigenvalue weighted by molar-refractivity contribution is -0.122. The third-order valence-electron chi connectivity index (χ3n) is 4.52. The third-order valence-corrected chi connectivity index (χ3v) is 4.52. The van der Waals surface area contributed by atoms with E-state index in [9.17, 15) is 4.79 Å². The summed E-state index contributed by atoms with van der Waals surface area (Å²) in [7, 11) is 0. The molecule has 0 unspecified atom stereocenters. The van der Waals surface area contributed by atoms with Gasteiger partial charge in [-0.1, -0.05) is 51.1 Å². The summed E-state index contributed by atoms with van der Waals surface area (Å²) in [4.78, 5) is 12.1. The molecule has 21 heavy (non-hydrogen) atoms. The first-order valence-corrected chi connectivity index (χ1v) is 7.64. The van der Waals surface area contributed by atoms with Crippen molar-refractivity contribution in [1.82, 2.24) is 5.32 Å². The van der Waals surface area contributed by atoms with E-state index in [1.807, 2.05) is 30.3 Å². The van der Waals surface area contributed by atoms with Gasteiger partial charge in [-0.05, 0) is 36.7 Å². The van der Waals surface area contributed by atoms with Gasteiger partial charge in [-0.25, -0.2) is 0 Å². The Kier molecular flexibility index (Phi) is 9.31. The monoisotopic (exact) mass is 312 g/mol. The molecular weight excluding hydrogens is 284 g/mol. The number of benzene rings is 1. The van der Waals surface area contributed by atoms with E-state index in [1.54, 1.807) is 0 Å². The number of rotatable bonds is 8. The van der Waals surface area contributed by atoms with Gasteiger partial charge in [0.1, 0.15) is 0 Å². The zero-order valence-electron chi connectivity index (χ0n) is 13.4. The molecule has 0 bridgehead atoms. The van der Waals surface area contributed by atoms with E-state index in [0.29, 0.717) is 6.42 Å². The van der Waals surface area contributed by atoms with E-state index in [4.69, 9.17) is 5.73 Å². The summed E-state index contributed by atoms with van der Waals surface area (Å²) in [6.45, 7) is 7.27. The molecule has 4 heteroatoms. The maximum absolute atomic E-state index is 12.1. The van der Waals surface area contributed by atoms with Gasteiger partial charge in [0, 0.05) is 6.54 Å². The Hall–Kier alpha value is -1.06. The van der Waals surface area contributed by atoms with Crippen molar-refractivity contribution in [2.75, 3.05) is 6.54 Å². The van der Waals surface area contributed by atoms with Crippen molar-refractivity contribution < 1.29 is 4.79 Å². The summed E-state index contributed by atoms with van der Waals surface area (Å²) in [5.74, 6) is -0.0476. The first-order valence-electron chi connectivity index (χ1n) is 7.64. The van der Waals surface area contributed by atoms with Crippen LogP contribution in [0, 0.1) is 5.41 Å². The highest BCUT2D eigenvalue weighted by molar-refractivity contribution is 5.85. The van der Waals surface area contributed by atoms with E-state index in [2.05, 4.69) is 26.1 Å². The Balaban J connectivity index is 0.00000400. The minimum atomic E-state index is -0.472. The quantitative estimate of drug-likeness (QED) is 0.773. The Morgan fingerprint density at radius 1 is 1.14 bits per heavy atom. The number of nitrogens with two attached hydrogens (primary N) is 1. The predicted molar refractivity (Wildman–Crippen MR) is 91.7 cm³/mol. The molecule has 3 N–H and O–H groups in total. The second-order valence-corrected chi connectivity index (χ2v) is 5.57. The number of carbonyl (C=O) groups is 1. The van der Waals surface area contributed by atoms with Crippen molar-refractivity contribution >= 4 is 18.3 Å². The zero-order chi connectivity index (χ0) is 15.0. The lowest BCUT2D eigenvalue weighted by Gasteiger charge is -2.31. The summed E-state index contributed by atoms with van der Waals surface area (Å²) < 4.78 is 0. The summed E-state index contributed by atoms with van der Waals surface area (Å²) in [6, 6.07) is 9.43. The molecule has 0 heterocycles. The number of amides is 1. The molecule has 0 saturated carbocycles. The van der Waals surface area contributed by atoms with E-state index in [1.165, 1.54) is 0 Å². The van der Waals surface area contributed by atoms with Gasteiger partial charge < -0.3 is 11.1 Å². The van der Waals surface area contributed by atoms with E-state index in [-0.39, 0.29) is 23.7 Å². The summed E-state index contributed by atoms with van der Waals surface area (Å²) >= 11 is 0. The highest BCUT2D eigenvalue weighted by atomic mass is 35.5. The molecule has 120 valence electrons. The highest BCUT2D eigenvalue weighted by Gasteiger charge is 2.25. The molecule has 1 amide bonds. The Morgan fingerprint density at radius 2 is 1.67 bits per heavy atom. The fraction of sp³-hybridized carbons (Fsp3) is 0.588. The van der Waals surface area contributed by atoms with Crippen LogP contribution in [0.1, 0.15) is 45.6 Å². The molecule has 0 spiro atoms. The molecule has 3 nitrogen and oxygen atoms in total. The predicted octanol–water partition coefficient (Wildman–Crippen LogP) is 3.31. The topological polar surface area (TPSA) is 55.1 Å². The second-order valence-electron chi connectivity index (χ2n) is 5.57. The normalized spacial score (nSPS) is 12.4. The molecule has 0 aliphatic carbocycles. The largest absolute Gasteiger partial charge is 0.354 e. The van der Waals surface area contributed by atoms with Crippen LogP contribution in [0.4, 0.5) is 0 Å². The minimum Gasteiger partial charge on any atom is -0.354 e. The lowest BCUT2D eigenvalue weighted by atomic mass is 9.80. The Bertz CT molecular complexity index is 396. The van der Waals surface area contributed by atoms with Crippen LogP contribution in [0.25, 0.3) is 0 Å². The van der Waals surface area contributed by atoms with Gasteiger partial charge in [-0.2, -0.15) is 0 Å². The summed E-state index contributed by atoms with van der Waals surface area (Å²) in [5, 5.41) is 3.03. The van der Waals surface area contributed by atoms with E-state index >= 15 is 0 Å². The van der Waals surface area contributed by atoms with Crippen molar-refractivity contribution in [1.29, 1.82) is 0 Å². The molecule has 0 aliphatic rings. The van der Waals surface area contributed by atoms with Crippen LogP contribution in [-0.4, -0.2) is 18.5 Å². The van der Waals surface area contributed by atoms with Gasteiger partial charge in [0.25, 0.3) is 0 Å². The van der Waals surface area contributed by atoms with Crippen LogP contribution in [-0.2, 0) is 11.2 Å². The van der Waals surface area contributed by atoms with Crippen LogP contribution in [0.2, 0.25) is 0 Å². The number of carbonyl (C=O) groups excluding carboxylic acids is 1. The number of hydrogen-bond donors (Lipinski definition) is 2. The fourth-order valence-corrected chi connectivity index (χ4v) is 2.49. The van der Waals surface area contributed by atoms with Crippen molar-refractivity contribution in [3.63, 3.8) is 0 Å². The molecule has 1 atom stereocenters. The molecule has 1 aromatic carbocycles. The molecule has 0 fully saturated rings. The first kappa shape index (κ1) is 19.9. The molecule has 0 radical (unpaired) electrons. The van der Waals surface area contributed by atoms with Gasteiger partial charge in [0.15, 0.2) is 0 Å². The van der Waals surface area contributed by atoms with Crippen LogP contribution >= 0.6 is 12.4 Å². The van der Waals surface area contributed by atoms with Crippen LogP contribution in [0.5, 0.6) is 0 Å². The van der Waals surface area contributed by atoms with Gasteiger partial charge in [-0.3, -0.25) is 4.79 Å². The van der Waals surface area contributed by atoms with Crippen LogP contribution in [0.15, 0.2) is 30.3 Å². The van der Waals surface area contributed by atoms with Crippen molar-refractivity contribution in [2.24, 2.45) is 11.1 Å². The molecule has 0 aromatic heterocycles. The molecule has 0 aliphatic heterocycles. The summed E-state index contributed by atoms with van der Waals surface area (Å²) in [5.41, 5.74) is 7.30. The smallest absolute Gasteiger partial charge is 0.237 e. The van der Waals surface area contributed by atoms with Gasteiger partial charge >= 0.3 is 0 Å². The lowest BCUT2D eigenvalue weighted by Crippen LogP contribution is -2.46. The van der Waals surface area contributed by atoms with Crippen molar-refractivity contribution in [3.8, 4) is 0 Å². The summed E-state index contributed by atoms with van der Waals surface area (Å²) in [6.07, 6.45) is 3.82. The standard InChI is InChI=1S/C17H28N2O.ClH/c1-4-17(5-2,6-3)13-19-16(20)15(18)12-14-10-8-7-9-11-14;/h7-11,15H,4-6,12-13,18H2,1-3H3,(H,19,20);1H/t15-;/m0./s1. The number of nitrogens with one attached hydrogen (secondary N) is 1. The SMILES string of the molecule is CCC(CC)(CC)CNC(=O)[C@@H](N)Cc1ccccc1.Cl. The third kappa shape index (κ3) is 6.06. The van der Waals surface area contributed by atoms with Crippen LogP contribution < -0.4 is 11.1 Å². The number of halogens is 1. The maximum Gasteiger partial charge on any atom is 0.237 e. The minimum absolute atomic E-state index is 0. The Labute approximate surface area is 135 Å². The molecule has 1 aromatic rings. The van der Waals surface area contributed by atoms with E-state index in [0.717, 1.165) is 31.4 Å². The second kappa shape index (κ2) is 9.80. The van der Waals surface area contributed by atoms with Gasteiger partial charge in [0.05, 0.1) is 6.04 Å².